The van der Waals surface area contributed by atoms with E-state index < -0.39 is 35.6 Å². The van der Waals surface area contributed by atoms with Crippen LogP contribution in [0.5, 0.6) is 0 Å². The predicted octanol–water partition coefficient (Wildman–Crippen LogP) is 3.81. The van der Waals surface area contributed by atoms with Crippen molar-refractivity contribution in [2.75, 3.05) is 13.1 Å². The quantitative estimate of drug-likeness (QED) is 0.824. The smallest absolute Gasteiger partial charge is 0.329 e. The monoisotopic (exact) mass is 326 g/mol. The van der Waals surface area contributed by atoms with E-state index in [0.717, 1.165) is 0 Å². The Bertz CT molecular complexity index is 549. The van der Waals surface area contributed by atoms with E-state index in [-0.39, 0.29) is 18.2 Å². The van der Waals surface area contributed by atoms with Crippen molar-refractivity contribution in [3.05, 3.63) is 34.9 Å². The van der Waals surface area contributed by atoms with Crippen molar-refractivity contribution in [2.24, 2.45) is 0 Å². The molecule has 1 aliphatic heterocycles. The number of rotatable bonds is 2. The third-order valence-electron chi connectivity index (χ3n) is 3.38. The normalized spacial score (nSPS) is 19.5. The molecule has 0 aliphatic carbocycles. The van der Waals surface area contributed by atoms with E-state index in [1.807, 2.05) is 0 Å². The van der Waals surface area contributed by atoms with Gasteiger partial charge in [-0.2, -0.15) is 26.3 Å². The molecule has 1 aliphatic rings. The minimum Gasteiger partial charge on any atom is -0.329 e. The summed E-state index contributed by atoms with van der Waals surface area (Å²) in [6.07, 6.45) is -9.80. The summed E-state index contributed by atoms with van der Waals surface area (Å²) in [5, 5.41) is 2.38. The van der Waals surface area contributed by atoms with Crippen LogP contribution in [-0.2, 0) is 12.4 Å². The lowest BCUT2D eigenvalue weighted by atomic mass is 10.00. The Labute approximate surface area is 121 Å². The van der Waals surface area contributed by atoms with Gasteiger partial charge in [-0.15, -0.1) is 0 Å². The molecule has 2 amide bonds. The van der Waals surface area contributed by atoms with Gasteiger partial charge >= 0.3 is 18.4 Å². The topological polar surface area (TPSA) is 32.3 Å². The van der Waals surface area contributed by atoms with E-state index in [9.17, 15) is 31.1 Å². The lowest BCUT2D eigenvalue weighted by molar-refractivity contribution is -0.143. The van der Waals surface area contributed by atoms with Crippen LogP contribution in [-0.4, -0.2) is 24.0 Å². The van der Waals surface area contributed by atoms with E-state index in [0.29, 0.717) is 18.7 Å². The van der Waals surface area contributed by atoms with Gasteiger partial charge in [0.25, 0.3) is 0 Å². The van der Waals surface area contributed by atoms with Gasteiger partial charge in [-0.05, 0) is 30.7 Å². The number of benzene rings is 1. The van der Waals surface area contributed by atoms with Crippen molar-refractivity contribution in [1.29, 1.82) is 0 Å². The molecule has 0 bridgehead atoms. The van der Waals surface area contributed by atoms with Crippen molar-refractivity contribution in [3.63, 3.8) is 0 Å². The zero-order valence-corrected chi connectivity index (χ0v) is 11.3. The van der Waals surface area contributed by atoms with Crippen LogP contribution in [0.3, 0.4) is 0 Å². The highest BCUT2D eigenvalue weighted by Crippen LogP contribution is 2.38. The molecule has 0 saturated carbocycles. The molecule has 1 saturated heterocycles. The lowest BCUT2D eigenvalue weighted by Gasteiger charge is -2.17. The molecule has 22 heavy (non-hydrogen) atoms. The summed E-state index contributed by atoms with van der Waals surface area (Å²) in [5.74, 6) is 0. The van der Waals surface area contributed by atoms with E-state index in [4.69, 9.17) is 0 Å². The Kier molecular flexibility index (Phi) is 4.01. The average Bonchev–Trinajstić information content (AvgIpc) is 2.77. The lowest BCUT2D eigenvalue weighted by Crippen LogP contribution is -2.27. The first-order valence-electron chi connectivity index (χ1n) is 6.37. The molecular formula is C13H12F6N2O. The van der Waals surface area contributed by atoms with Crippen molar-refractivity contribution in [1.82, 2.24) is 10.2 Å². The molecule has 1 atom stereocenters. The predicted molar refractivity (Wildman–Crippen MR) is 65.0 cm³/mol. The van der Waals surface area contributed by atoms with E-state index in [1.165, 1.54) is 4.90 Å². The maximum atomic E-state index is 12.8. The number of halogens is 6. The van der Waals surface area contributed by atoms with E-state index in [2.05, 4.69) is 5.32 Å². The van der Waals surface area contributed by atoms with E-state index in [1.54, 1.807) is 6.92 Å². The maximum absolute atomic E-state index is 12.8. The van der Waals surface area contributed by atoms with Crippen LogP contribution in [0, 0.1) is 0 Å². The number of nitrogens with zero attached hydrogens (tertiary/aromatic N) is 1. The number of likely N-dealkylation sites (N-methyl/N-ethyl adjacent to an activating group) is 1. The molecule has 1 aromatic carbocycles. The molecule has 0 aromatic heterocycles. The van der Waals surface area contributed by atoms with Crippen LogP contribution in [0.25, 0.3) is 0 Å². The number of nitrogens with one attached hydrogen (secondary N) is 1. The Morgan fingerprint density at radius 2 is 1.59 bits per heavy atom. The van der Waals surface area contributed by atoms with Gasteiger partial charge in [0.15, 0.2) is 0 Å². The van der Waals surface area contributed by atoms with Gasteiger partial charge in [-0.25, -0.2) is 4.79 Å². The van der Waals surface area contributed by atoms with Gasteiger partial charge < -0.3 is 10.2 Å². The fraction of sp³-hybridized carbons (Fsp3) is 0.462. The number of carbonyl (C=O) groups excluding carboxylic acids is 1. The second-order valence-corrected chi connectivity index (χ2v) is 4.88. The molecule has 2 rings (SSSR count). The first-order chi connectivity index (χ1) is 10.0. The standard InChI is InChI=1S/C13H12F6N2O/c1-2-21-6-10(20-11(21)22)7-3-8(12(14,15)16)5-9(4-7)13(17,18)19/h3-5,10H,2,6H2,1H3,(H,20,22). The first-order valence-corrected chi connectivity index (χ1v) is 6.37. The number of carbonyl (C=O) groups is 1. The molecule has 122 valence electrons. The molecule has 3 nitrogen and oxygen atoms in total. The summed E-state index contributed by atoms with van der Waals surface area (Å²) < 4.78 is 76.7. The number of amides is 2. The minimum atomic E-state index is -4.90. The zero-order chi connectivity index (χ0) is 16.7. The number of hydrogen-bond donors (Lipinski definition) is 1. The summed E-state index contributed by atoms with van der Waals surface area (Å²) in [4.78, 5) is 12.8. The summed E-state index contributed by atoms with van der Waals surface area (Å²) >= 11 is 0. The Morgan fingerprint density at radius 1 is 1.09 bits per heavy atom. The first kappa shape index (κ1) is 16.4. The van der Waals surface area contributed by atoms with Crippen LogP contribution < -0.4 is 5.32 Å². The molecule has 1 heterocycles. The zero-order valence-electron chi connectivity index (χ0n) is 11.3. The van der Waals surface area contributed by atoms with Gasteiger partial charge in [-0.3, -0.25) is 0 Å². The fourth-order valence-electron chi connectivity index (χ4n) is 2.23. The van der Waals surface area contributed by atoms with Crippen molar-refractivity contribution >= 4 is 6.03 Å². The van der Waals surface area contributed by atoms with Crippen LogP contribution in [0.4, 0.5) is 31.1 Å². The number of alkyl halides is 6. The summed E-state index contributed by atoms with van der Waals surface area (Å²) in [5.41, 5.74) is -2.99. The summed E-state index contributed by atoms with van der Waals surface area (Å²) in [6.45, 7) is 2.00. The SMILES string of the molecule is CCN1CC(c2cc(C(F)(F)F)cc(C(F)(F)F)c2)NC1=O. The second kappa shape index (κ2) is 5.36. The number of hydrogen-bond acceptors (Lipinski definition) is 1. The third-order valence-corrected chi connectivity index (χ3v) is 3.38. The van der Waals surface area contributed by atoms with E-state index >= 15 is 0 Å². The van der Waals surface area contributed by atoms with Crippen LogP contribution in [0.15, 0.2) is 18.2 Å². The molecule has 0 spiro atoms. The Morgan fingerprint density at radius 3 is 1.95 bits per heavy atom. The van der Waals surface area contributed by atoms with Gasteiger partial charge in [0.05, 0.1) is 17.2 Å². The van der Waals surface area contributed by atoms with Crippen molar-refractivity contribution in [3.8, 4) is 0 Å². The van der Waals surface area contributed by atoms with Gasteiger partial charge in [0.1, 0.15) is 0 Å². The Hall–Kier alpha value is -1.93. The molecule has 1 fully saturated rings. The van der Waals surface area contributed by atoms with Crippen molar-refractivity contribution < 1.29 is 31.1 Å². The van der Waals surface area contributed by atoms with Crippen LogP contribution in [0.1, 0.15) is 29.7 Å². The largest absolute Gasteiger partial charge is 0.416 e. The maximum Gasteiger partial charge on any atom is 0.416 e. The molecule has 9 heteroatoms. The highest BCUT2D eigenvalue weighted by molar-refractivity contribution is 5.77. The highest BCUT2D eigenvalue weighted by Gasteiger charge is 2.38. The highest BCUT2D eigenvalue weighted by atomic mass is 19.4. The minimum absolute atomic E-state index is 0.0218. The summed E-state index contributed by atoms with van der Waals surface area (Å²) in [6, 6.07) is -0.0781. The second-order valence-electron chi connectivity index (χ2n) is 4.88. The van der Waals surface area contributed by atoms with Gasteiger partial charge in [0.2, 0.25) is 0 Å². The van der Waals surface area contributed by atoms with Gasteiger partial charge in [0, 0.05) is 13.1 Å². The fourth-order valence-corrected chi connectivity index (χ4v) is 2.23. The molecule has 1 unspecified atom stereocenters. The van der Waals surface area contributed by atoms with Crippen molar-refractivity contribution in [2.45, 2.75) is 25.3 Å². The van der Waals surface area contributed by atoms with Gasteiger partial charge in [-0.1, -0.05) is 0 Å². The third kappa shape index (κ3) is 3.28. The van der Waals surface area contributed by atoms with Crippen LogP contribution in [0.2, 0.25) is 0 Å². The Balaban J connectivity index is 2.45. The molecule has 1 N–H and O–H groups in total. The summed E-state index contributed by atoms with van der Waals surface area (Å²) in [7, 11) is 0. The number of urea groups is 1. The molecule has 0 radical (unpaired) electrons. The molecule has 1 aromatic rings. The van der Waals surface area contributed by atoms with Crippen LogP contribution >= 0.6 is 0 Å². The average molecular weight is 326 g/mol. The molecular weight excluding hydrogens is 314 g/mol.